The van der Waals surface area contributed by atoms with Crippen molar-refractivity contribution in [3.8, 4) is 5.75 Å². The fourth-order valence-corrected chi connectivity index (χ4v) is 3.12. The number of nitrogens with zero attached hydrogens (tertiary/aromatic N) is 1. The van der Waals surface area contributed by atoms with E-state index in [1.165, 1.54) is 0 Å². The lowest BCUT2D eigenvalue weighted by Crippen LogP contribution is -2.46. The van der Waals surface area contributed by atoms with Crippen molar-refractivity contribution in [1.82, 2.24) is 10.6 Å². The maximum atomic E-state index is 10.5. The summed E-state index contributed by atoms with van der Waals surface area (Å²) in [6.45, 7) is 11.4. The smallest absolute Gasteiger partial charge is 0.191 e. The molecule has 1 heterocycles. The number of rotatable bonds is 6. The highest BCUT2D eigenvalue weighted by Crippen LogP contribution is 2.39. The van der Waals surface area contributed by atoms with Gasteiger partial charge in [-0.05, 0) is 39.7 Å². The fourth-order valence-electron chi connectivity index (χ4n) is 3.12. The molecular formula is C20H33N3O2. The molecule has 5 nitrogen and oxygen atoms in total. The molecule has 1 aromatic carbocycles. The van der Waals surface area contributed by atoms with Crippen LogP contribution >= 0.6 is 0 Å². The molecule has 1 atom stereocenters. The van der Waals surface area contributed by atoms with Gasteiger partial charge in [0.1, 0.15) is 11.4 Å². The number of fused-ring (bicyclic) bond motifs is 1. The van der Waals surface area contributed by atoms with E-state index in [1.807, 2.05) is 39.0 Å². The van der Waals surface area contributed by atoms with E-state index in [9.17, 15) is 5.11 Å². The van der Waals surface area contributed by atoms with E-state index < -0.39 is 5.60 Å². The van der Waals surface area contributed by atoms with Gasteiger partial charge in [-0.3, -0.25) is 4.99 Å². The summed E-state index contributed by atoms with van der Waals surface area (Å²) in [6, 6.07) is 8.27. The van der Waals surface area contributed by atoms with Gasteiger partial charge in [0.05, 0.1) is 18.2 Å². The fraction of sp³-hybridized carbons (Fsp3) is 0.650. The van der Waals surface area contributed by atoms with E-state index in [1.54, 1.807) is 0 Å². The molecule has 5 heteroatoms. The standard InChI is InChI=1S/C20H33N3O2/c1-6-20(24,7-2)14-22-18(21-8-3)23-16-13-19(4,5)25-17-12-10-9-11-15(16)17/h9-12,16,24H,6-8,13-14H2,1-5H3,(H2,21,22,23). The number of para-hydroxylation sites is 1. The van der Waals surface area contributed by atoms with Crippen molar-refractivity contribution in [3.05, 3.63) is 29.8 Å². The molecule has 0 saturated heterocycles. The third-order valence-electron chi connectivity index (χ3n) is 4.88. The van der Waals surface area contributed by atoms with E-state index in [0.29, 0.717) is 19.4 Å². The summed E-state index contributed by atoms with van der Waals surface area (Å²) in [5, 5.41) is 17.3. The van der Waals surface area contributed by atoms with Gasteiger partial charge >= 0.3 is 0 Å². The summed E-state index contributed by atoms with van der Waals surface area (Å²) in [5.41, 5.74) is 0.167. The van der Waals surface area contributed by atoms with E-state index in [0.717, 1.165) is 30.2 Å². The zero-order chi connectivity index (χ0) is 18.5. The third kappa shape index (κ3) is 5.11. The highest BCUT2D eigenvalue weighted by molar-refractivity contribution is 5.80. The SMILES string of the molecule is CCNC(=NCC(O)(CC)CC)NC1CC(C)(C)Oc2ccccc21. The molecule has 3 N–H and O–H groups in total. The van der Waals surface area contributed by atoms with Crippen molar-refractivity contribution in [1.29, 1.82) is 0 Å². The summed E-state index contributed by atoms with van der Waals surface area (Å²) in [7, 11) is 0. The van der Waals surface area contributed by atoms with E-state index >= 15 is 0 Å². The number of hydrogen-bond acceptors (Lipinski definition) is 3. The molecule has 0 amide bonds. The van der Waals surface area contributed by atoms with Gasteiger partial charge in [-0.15, -0.1) is 0 Å². The maximum Gasteiger partial charge on any atom is 0.191 e. The Bertz CT molecular complexity index is 594. The van der Waals surface area contributed by atoms with E-state index in [-0.39, 0.29) is 11.6 Å². The number of benzene rings is 1. The van der Waals surface area contributed by atoms with Gasteiger partial charge in [0.15, 0.2) is 5.96 Å². The molecule has 1 aliphatic rings. The number of hydrogen-bond donors (Lipinski definition) is 3. The Morgan fingerprint density at radius 3 is 2.60 bits per heavy atom. The van der Waals surface area contributed by atoms with Crippen molar-refractivity contribution in [2.75, 3.05) is 13.1 Å². The van der Waals surface area contributed by atoms with Crippen LogP contribution in [0, 0.1) is 0 Å². The van der Waals surface area contributed by atoms with E-state index in [4.69, 9.17) is 4.74 Å². The number of aliphatic hydroxyl groups is 1. The van der Waals surface area contributed by atoms with Gasteiger partial charge in [-0.2, -0.15) is 0 Å². The lowest BCUT2D eigenvalue weighted by molar-refractivity contribution is 0.0416. The molecule has 1 aliphatic heterocycles. The molecule has 25 heavy (non-hydrogen) atoms. The van der Waals surface area contributed by atoms with Crippen LogP contribution in [-0.4, -0.2) is 35.4 Å². The second kappa shape index (κ2) is 8.09. The number of aliphatic imine (C=N–C) groups is 1. The molecule has 0 radical (unpaired) electrons. The molecule has 0 fully saturated rings. The summed E-state index contributed by atoms with van der Waals surface area (Å²) < 4.78 is 6.10. The van der Waals surface area contributed by atoms with Crippen molar-refractivity contribution in [2.24, 2.45) is 4.99 Å². The molecular weight excluding hydrogens is 314 g/mol. The first-order chi connectivity index (χ1) is 11.8. The largest absolute Gasteiger partial charge is 0.487 e. The van der Waals surface area contributed by atoms with Gasteiger partial charge in [0.2, 0.25) is 0 Å². The minimum absolute atomic E-state index is 0.120. The Kier molecular flexibility index (Phi) is 6.33. The Morgan fingerprint density at radius 2 is 1.96 bits per heavy atom. The van der Waals surface area contributed by atoms with Crippen LogP contribution in [0.4, 0.5) is 0 Å². The first-order valence-electron chi connectivity index (χ1n) is 9.37. The Balaban J connectivity index is 2.21. The lowest BCUT2D eigenvalue weighted by Gasteiger charge is -2.38. The maximum absolute atomic E-state index is 10.5. The predicted octanol–water partition coefficient (Wildman–Crippen LogP) is 3.40. The Morgan fingerprint density at radius 1 is 1.28 bits per heavy atom. The minimum atomic E-state index is -0.741. The third-order valence-corrected chi connectivity index (χ3v) is 4.88. The van der Waals surface area contributed by atoms with Crippen LogP contribution in [0.5, 0.6) is 5.75 Å². The molecule has 0 spiro atoms. The van der Waals surface area contributed by atoms with Gasteiger partial charge in [0, 0.05) is 18.5 Å². The number of ether oxygens (including phenoxy) is 1. The van der Waals surface area contributed by atoms with Gasteiger partial charge in [-0.1, -0.05) is 32.0 Å². The van der Waals surface area contributed by atoms with Crippen LogP contribution in [-0.2, 0) is 0 Å². The average Bonchev–Trinajstić information content (AvgIpc) is 2.58. The summed E-state index contributed by atoms with van der Waals surface area (Å²) in [4.78, 5) is 4.65. The quantitative estimate of drug-likeness (QED) is 0.545. The monoisotopic (exact) mass is 347 g/mol. The molecule has 0 bridgehead atoms. The summed E-state index contributed by atoms with van der Waals surface area (Å²) >= 11 is 0. The zero-order valence-electron chi connectivity index (χ0n) is 16.2. The van der Waals surface area contributed by atoms with Crippen molar-refractivity contribution >= 4 is 5.96 Å². The van der Waals surface area contributed by atoms with E-state index in [2.05, 4.69) is 35.5 Å². The average molecular weight is 348 g/mol. The molecule has 140 valence electrons. The predicted molar refractivity (Wildman–Crippen MR) is 103 cm³/mol. The number of guanidine groups is 1. The molecule has 0 saturated carbocycles. The highest BCUT2D eigenvalue weighted by atomic mass is 16.5. The molecule has 2 rings (SSSR count). The van der Waals surface area contributed by atoms with Crippen LogP contribution in [0.15, 0.2) is 29.3 Å². The van der Waals surface area contributed by atoms with Crippen LogP contribution in [0.25, 0.3) is 0 Å². The first kappa shape index (κ1) is 19.6. The zero-order valence-corrected chi connectivity index (χ0v) is 16.2. The molecule has 0 aromatic heterocycles. The molecule has 0 aliphatic carbocycles. The highest BCUT2D eigenvalue weighted by Gasteiger charge is 2.34. The lowest BCUT2D eigenvalue weighted by atomic mass is 9.90. The first-order valence-corrected chi connectivity index (χ1v) is 9.37. The van der Waals surface area contributed by atoms with Crippen LogP contribution < -0.4 is 15.4 Å². The molecule has 1 aromatic rings. The summed E-state index contributed by atoms with van der Waals surface area (Å²) in [5.74, 6) is 1.66. The second-order valence-electron chi connectivity index (χ2n) is 7.43. The van der Waals surface area contributed by atoms with Crippen molar-refractivity contribution in [3.63, 3.8) is 0 Å². The minimum Gasteiger partial charge on any atom is -0.487 e. The molecule has 1 unspecified atom stereocenters. The van der Waals surface area contributed by atoms with Gasteiger partial charge in [0.25, 0.3) is 0 Å². The van der Waals surface area contributed by atoms with Crippen LogP contribution in [0.3, 0.4) is 0 Å². The second-order valence-corrected chi connectivity index (χ2v) is 7.43. The van der Waals surface area contributed by atoms with Gasteiger partial charge in [-0.25, -0.2) is 0 Å². The summed E-state index contributed by atoms with van der Waals surface area (Å²) in [6.07, 6.45) is 2.24. The van der Waals surface area contributed by atoms with Crippen LogP contribution in [0.2, 0.25) is 0 Å². The number of nitrogens with one attached hydrogen (secondary N) is 2. The van der Waals surface area contributed by atoms with Crippen molar-refractivity contribution in [2.45, 2.75) is 71.1 Å². The normalized spacial score (nSPS) is 19.8. The Labute approximate surface area is 151 Å². The van der Waals surface area contributed by atoms with Gasteiger partial charge < -0.3 is 20.5 Å². The van der Waals surface area contributed by atoms with Crippen LogP contribution in [0.1, 0.15) is 65.5 Å². The topological polar surface area (TPSA) is 65.9 Å². The van der Waals surface area contributed by atoms with Crippen molar-refractivity contribution < 1.29 is 9.84 Å². The Hall–Kier alpha value is -1.75.